The Bertz CT molecular complexity index is 587. The summed E-state index contributed by atoms with van der Waals surface area (Å²) in [6.45, 7) is 3.05. The van der Waals surface area contributed by atoms with Crippen LogP contribution in [0.4, 0.5) is 0 Å². The van der Waals surface area contributed by atoms with Gasteiger partial charge in [0.1, 0.15) is 0 Å². The van der Waals surface area contributed by atoms with Crippen LogP contribution >= 0.6 is 0 Å². The van der Waals surface area contributed by atoms with Gasteiger partial charge in [0.25, 0.3) is 10.1 Å². The van der Waals surface area contributed by atoms with Crippen molar-refractivity contribution in [3.8, 4) is 0 Å². The van der Waals surface area contributed by atoms with E-state index in [4.69, 9.17) is 13.7 Å². The molecule has 0 N–H and O–H groups in total. The van der Waals surface area contributed by atoms with Crippen molar-refractivity contribution in [3.63, 3.8) is 0 Å². The van der Waals surface area contributed by atoms with Crippen molar-refractivity contribution >= 4 is 10.1 Å². The largest absolute Gasteiger partial charge is 0.347 e. The fourth-order valence-electron chi connectivity index (χ4n) is 2.93. The molecule has 2 aliphatic rings. The maximum Gasteiger partial charge on any atom is 0.297 e. The van der Waals surface area contributed by atoms with Crippen LogP contribution in [0.3, 0.4) is 0 Å². The Morgan fingerprint density at radius 3 is 2.52 bits per heavy atom. The highest BCUT2D eigenvalue weighted by molar-refractivity contribution is 7.86. The molecule has 1 spiro atoms. The molecule has 1 aromatic rings. The van der Waals surface area contributed by atoms with E-state index < -0.39 is 15.9 Å². The maximum atomic E-state index is 12.3. The quantitative estimate of drug-likeness (QED) is 0.802. The first-order valence-corrected chi connectivity index (χ1v) is 8.68. The van der Waals surface area contributed by atoms with Crippen molar-refractivity contribution in [3.05, 3.63) is 29.8 Å². The molecule has 3 rings (SSSR count). The second-order valence-corrected chi connectivity index (χ2v) is 7.26. The van der Waals surface area contributed by atoms with E-state index in [9.17, 15) is 8.42 Å². The van der Waals surface area contributed by atoms with E-state index in [1.165, 1.54) is 0 Å². The summed E-state index contributed by atoms with van der Waals surface area (Å²) in [5, 5.41) is 0. The summed E-state index contributed by atoms with van der Waals surface area (Å²) in [7, 11) is -3.73. The van der Waals surface area contributed by atoms with Crippen LogP contribution in [0.1, 0.15) is 31.2 Å². The van der Waals surface area contributed by atoms with Crippen LogP contribution in [0.25, 0.3) is 0 Å². The Morgan fingerprint density at radius 2 is 1.86 bits per heavy atom. The average Bonchev–Trinajstić information content (AvgIpc) is 2.86. The van der Waals surface area contributed by atoms with Gasteiger partial charge >= 0.3 is 0 Å². The van der Waals surface area contributed by atoms with E-state index in [0.29, 0.717) is 26.1 Å². The van der Waals surface area contributed by atoms with Crippen LogP contribution in [-0.2, 0) is 23.8 Å². The van der Waals surface area contributed by atoms with Crippen molar-refractivity contribution in [2.24, 2.45) is 0 Å². The van der Waals surface area contributed by atoms with Crippen molar-refractivity contribution in [1.82, 2.24) is 0 Å². The number of benzene rings is 1. The summed E-state index contributed by atoms with van der Waals surface area (Å²) >= 11 is 0. The highest BCUT2D eigenvalue weighted by atomic mass is 32.2. The number of ether oxygens (including phenoxy) is 2. The second kappa shape index (κ2) is 5.68. The minimum Gasteiger partial charge on any atom is -0.347 e. The summed E-state index contributed by atoms with van der Waals surface area (Å²) in [6.07, 6.45) is 2.44. The average molecular weight is 312 g/mol. The lowest BCUT2D eigenvalue weighted by Gasteiger charge is -2.35. The molecular formula is C15H20O5S. The fourth-order valence-corrected chi connectivity index (χ4v) is 4.03. The Balaban J connectivity index is 1.71. The molecule has 0 amide bonds. The molecule has 0 radical (unpaired) electrons. The first-order valence-electron chi connectivity index (χ1n) is 7.27. The summed E-state index contributed by atoms with van der Waals surface area (Å²) < 4.78 is 41.3. The third kappa shape index (κ3) is 3.29. The summed E-state index contributed by atoms with van der Waals surface area (Å²) in [6, 6.07) is 6.68. The molecule has 1 aliphatic heterocycles. The lowest BCUT2D eigenvalue weighted by molar-refractivity contribution is -0.192. The van der Waals surface area contributed by atoms with Crippen molar-refractivity contribution < 1.29 is 22.1 Å². The lowest BCUT2D eigenvalue weighted by Crippen LogP contribution is -2.40. The second-order valence-electron chi connectivity index (χ2n) is 5.69. The molecule has 0 aromatic heterocycles. The third-order valence-electron chi connectivity index (χ3n) is 4.01. The molecule has 1 aliphatic carbocycles. The van der Waals surface area contributed by atoms with Gasteiger partial charge in [-0.1, -0.05) is 17.7 Å². The predicted octanol–water partition coefficient (Wildman–Crippen LogP) is 2.39. The van der Waals surface area contributed by atoms with Gasteiger partial charge in [-0.15, -0.1) is 0 Å². The van der Waals surface area contributed by atoms with Crippen molar-refractivity contribution in [2.45, 2.75) is 49.4 Å². The van der Waals surface area contributed by atoms with Gasteiger partial charge in [-0.25, -0.2) is 0 Å². The van der Waals surface area contributed by atoms with Crippen LogP contribution in [0, 0.1) is 6.92 Å². The Labute approximate surface area is 125 Å². The molecule has 21 heavy (non-hydrogen) atoms. The maximum absolute atomic E-state index is 12.3. The number of hydrogen-bond donors (Lipinski definition) is 0. The molecule has 1 atom stereocenters. The van der Waals surface area contributed by atoms with E-state index in [1.54, 1.807) is 24.3 Å². The number of rotatable bonds is 3. The molecular weight excluding hydrogens is 292 g/mol. The first kappa shape index (κ1) is 15.0. The molecule has 0 bridgehead atoms. The van der Waals surface area contributed by atoms with Gasteiger partial charge in [-0.2, -0.15) is 8.42 Å². The smallest absolute Gasteiger partial charge is 0.297 e. The van der Waals surface area contributed by atoms with E-state index in [0.717, 1.165) is 18.4 Å². The predicted molar refractivity (Wildman–Crippen MR) is 76.3 cm³/mol. The highest BCUT2D eigenvalue weighted by Crippen LogP contribution is 2.37. The van der Waals surface area contributed by atoms with Gasteiger partial charge in [0.05, 0.1) is 24.2 Å². The zero-order valence-corrected chi connectivity index (χ0v) is 12.9. The molecule has 6 heteroatoms. The van der Waals surface area contributed by atoms with Gasteiger partial charge < -0.3 is 9.47 Å². The van der Waals surface area contributed by atoms with Crippen LogP contribution in [0.2, 0.25) is 0 Å². The van der Waals surface area contributed by atoms with E-state index in [1.807, 2.05) is 6.92 Å². The molecule has 1 aromatic carbocycles. The molecule has 1 saturated carbocycles. The van der Waals surface area contributed by atoms with Gasteiger partial charge in [0.15, 0.2) is 5.79 Å². The molecule has 116 valence electrons. The van der Waals surface area contributed by atoms with Gasteiger partial charge in [0, 0.05) is 12.8 Å². The zero-order chi connectivity index (χ0) is 14.9. The first-order chi connectivity index (χ1) is 9.99. The van der Waals surface area contributed by atoms with Crippen molar-refractivity contribution in [1.29, 1.82) is 0 Å². The standard InChI is InChI=1S/C15H20O5S/c1-12-4-6-14(7-5-12)21(16,17)20-13-3-2-8-15(11-13)18-9-10-19-15/h4-7,13H,2-3,8-11H2,1H3/t13-/m0/s1. The monoisotopic (exact) mass is 312 g/mol. The Morgan fingerprint density at radius 1 is 1.19 bits per heavy atom. The summed E-state index contributed by atoms with van der Waals surface area (Å²) in [5.74, 6) is -0.633. The van der Waals surface area contributed by atoms with Crippen LogP contribution in [-0.4, -0.2) is 33.5 Å². The van der Waals surface area contributed by atoms with E-state index in [2.05, 4.69) is 0 Å². The minimum absolute atomic E-state index is 0.195. The van der Waals surface area contributed by atoms with Crippen molar-refractivity contribution in [2.75, 3.05) is 13.2 Å². The highest BCUT2D eigenvalue weighted by Gasteiger charge is 2.43. The summed E-state index contributed by atoms with van der Waals surface area (Å²) in [4.78, 5) is 0.195. The summed E-state index contributed by atoms with van der Waals surface area (Å²) in [5.41, 5.74) is 1.01. The third-order valence-corrected chi connectivity index (χ3v) is 5.38. The normalized spacial score (nSPS) is 25.3. The number of aryl methyl sites for hydroxylation is 1. The van der Waals surface area contributed by atoms with E-state index >= 15 is 0 Å². The molecule has 1 heterocycles. The minimum atomic E-state index is -3.73. The Kier molecular flexibility index (Phi) is 4.05. The molecule has 0 unspecified atom stereocenters. The SMILES string of the molecule is Cc1ccc(S(=O)(=O)O[C@H]2CCCC3(C2)OCCO3)cc1. The lowest BCUT2D eigenvalue weighted by atomic mass is 9.92. The molecule has 5 nitrogen and oxygen atoms in total. The van der Waals surface area contributed by atoms with E-state index in [-0.39, 0.29) is 11.0 Å². The fraction of sp³-hybridized carbons (Fsp3) is 0.600. The zero-order valence-electron chi connectivity index (χ0n) is 12.1. The topological polar surface area (TPSA) is 61.8 Å². The van der Waals surface area contributed by atoms with Gasteiger partial charge in [0.2, 0.25) is 0 Å². The molecule has 1 saturated heterocycles. The van der Waals surface area contributed by atoms with Crippen LogP contribution < -0.4 is 0 Å². The van der Waals surface area contributed by atoms with Crippen LogP contribution in [0.5, 0.6) is 0 Å². The van der Waals surface area contributed by atoms with Gasteiger partial charge in [-0.3, -0.25) is 4.18 Å². The Hall–Kier alpha value is -0.950. The molecule has 2 fully saturated rings. The van der Waals surface area contributed by atoms with Crippen LogP contribution in [0.15, 0.2) is 29.2 Å². The van der Waals surface area contributed by atoms with Gasteiger partial charge in [-0.05, 0) is 31.9 Å². The number of hydrogen-bond acceptors (Lipinski definition) is 5.